The van der Waals surface area contributed by atoms with Crippen LogP contribution in [0.4, 0.5) is 10.5 Å². The lowest BCUT2D eigenvalue weighted by Gasteiger charge is -2.22. The van der Waals surface area contributed by atoms with E-state index < -0.39 is 0 Å². The van der Waals surface area contributed by atoms with Crippen LogP contribution in [0.5, 0.6) is 0 Å². The highest BCUT2D eigenvalue weighted by Crippen LogP contribution is 2.30. The van der Waals surface area contributed by atoms with Gasteiger partial charge in [0.2, 0.25) is 0 Å². The van der Waals surface area contributed by atoms with E-state index in [0.717, 1.165) is 18.4 Å². The van der Waals surface area contributed by atoms with Crippen molar-refractivity contribution in [1.29, 1.82) is 0 Å². The molecule has 1 aliphatic rings. The summed E-state index contributed by atoms with van der Waals surface area (Å²) in [5, 5.41) is 9.92. The summed E-state index contributed by atoms with van der Waals surface area (Å²) >= 11 is 0. The van der Waals surface area contributed by atoms with Crippen LogP contribution in [0.1, 0.15) is 37.8 Å². The standard InChI is InChI=1S/C17H21N3O2/c1-12-15(16(22-20-12)13-8-4-2-5-9-13)19-17(21)18-14-10-6-3-7-11-14/h2,4-5,8-9,14H,3,6-7,10-11H2,1H3,(H2,18,19,21). The first-order valence-electron chi connectivity index (χ1n) is 7.83. The Bertz CT molecular complexity index is 631. The number of hydrogen-bond acceptors (Lipinski definition) is 3. The molecule has 5 heteroatoms. The number of carbonyl (C=O) groups excluding carboxylic acids is 1. The molecular formula is C17H21N3O2. The number of aromatic nitrogens is 1. The number of rotatable bonds is 3. The summed E-state index contributed by atoms with van der Waals surface area (Å²) in [6.45, 7) is 1.83. The fourth-order valence-corrected chi connectivity index (χ4v) is 2.89. The van der Waals surface area contributed by atoms with Crippen molar-refractivity contribution in [3.8, 4) is 11.3 Å². The second-order valence-electron chi connectivity index (χ2n) is 5.77. The third-order valence-corrected chi connectivity index (χ3v) is 4.08. The minimum atomic E-state index is -0.185. The van der Waals surface area contributed by atoms with Gasteiger partial charge in [-0.1, -0.05) is 54.8 Å². The quantitative estimate of drug-likeness (QED) is 0.896. The van der Waals surface area contributed by atoms with E-state index in [1.807, 2.05) is 37.3 Å². The predicted molar refractivity (Wildman–Crippen MR) is 85.7 cm³/mol. The van der Waals surface area contributed by atoms with Crippen molar-refractivity contribution in [1.82, 2.24) is 10.5 Å². The lowest BCUT2D eigenvalue weighted by atomic mass is 9.96. The van der Waals surface area contributed by atoms with E-state index in [9.17, 15) is 4.79 Å². The summed E-state index contributed by atoms with van der Waals surface area (Å²) in [4.78, 5) is 12.2. The third kappa shape index (κ3) is 3.30. The van der Waals surface area contributed by atoms with Crippen LogP contribution in [-0.4, -0.2) is 17.2 Å². The van der Waals surface area contributed by atoms with Crippen LogP contribution in [0.15, 0.2) is 34.9 Å². The van der Waals surface area contributed by atoms with Gasteiger partial charge in [-0.05, 0) is 19.8 Å². The second kappa shape index (κ2) is 6.64. The van der Waals surface area contributed by atoms with Gasteiger partial charge in [-0.15, -0.1) is 0 Å². The first-order valence-corrected chi connectivity index (χ1v) is 7.83. The zero-order chi connectivity index (χ0) is 15.4. The normalized spacial score (nSPS) is 15.5. The van der Waals surface area contributed by atoms with Crippen molar-refractivity contribution < 1.29 is 9.32 Å². The van der Waals surface area contributed by atoms with Crippen molar-refractivity contribution in [3.05, 3.63) is 36.0 Å². The number of aryl methyl sites for hydroxylation is 1. The van der Waals surface area contributed by atoms with Crippen LogP contribution in [0, 0.1) is 6.92 Å². The SMILES string of the molecule is Cc1noc(-c2ccccc2)c1NC(=O)NC1CCCCC1. The van der Waals surface area contributed by atoms with Gasteiger partial charge < -0.3 is 15.2 Å². The molecule has 2 aromatic rings. The maximum atomic E-state index is 12.2. The van der Waals surface area contributed by atoms with Crippen LogP contribution in [0.2, 0.25) is 0 Å². The average Bonchev–Trinajstić information content (AvgIpc) is 2.90. The summed E-state index contributed by atoms with van der Waals surface area (Å²) in [5.41, 5.74) is 2.22. The molecule has 1 aromatic heterocycles. The fraction of sp³-hybridized carbons (Fsp3) is 0.412. The summed E-state index contributed by atoms with van der Waals surface area (Å²) < 4.78 is 5.38. The Labute approximate surface area is 130 Å². The predicted octanol–water partition coefficient (Wildman–Crippen LogP) is 4.10. The number of urea groups is 1. The average molecular weight is 299 g/mol. The molecule has 2 amide bonds. The fourth-order valence-electron chi connectivity index (χ4n) is 2.89. The van der Waals surface area contributed by atoms with Crippen molar-refractivity contribution >= 4 is 11.7 Å². The summed E-state index contributed by atoms with van der Waals surface area (Å²) in [7, 11) is 0. The summed E-state index contributed by atoms with van der Waals surface area (Å²) in [6, 6.07) is 9.76. The van der Waals surface area contributed by atoms with E-state index in [1.54, 1.807) is 0 Å². The Kier molecular flexibility index (Phi) is 4.42. The molecule has 3 rings (SSSR count). The van der Waals surface area contributed by atoms with Gasteiger partial charge in [0.05, 0.1) is 0 Å². The highest BCUT2D eigenvalue weighted by Gasteiger charge is 2.20. The van der Waals surface area contributed by atoms with Gasteiger partial charge in [0.1, 0.15) is 11.4 Å². The number of anilines is 1. The number of benzene rings is 1. The Morgan fingerprint density at radius 3 is 2.64 bits per heavy atom. The molecule has 0 spiro atoms. The van der Waals surface area contributed by atoms with Gasteiger partial charge in [-0.2, -0.15) is 0 Å². The maximum Gasteiger partial charge on any atom is 0.319 e. The van der Waals surface area contributed by atoms with Gasteiger partial charge in [0.15, 0.2) is 5.76 Å². The molecule has 2 N–H and O–H groups in total. The Morgan fingerprint density at radius 2 is 1.91 bits per heavy atom. The second-order valence-corrected chi connectivity index (χ2v) is 5.77. The molecular weight excluding hydrogens is 278 g/mol. The molecule has 0 unspecified atom stereocenters. The Hall–Kier alpha value is -2.30. The minimum Gasteiger partial charge on any atom is -0.354 e. The number of nitrogens with zero attached hydrogens (tertiary/aromatic N) is 1. The maximum absolute atomic E-state index is 12.2. The van der Waals surface area contributed by atoms with Crippen LogP contribution in [0.25, 0.3) is 11.3 Å². The molecule has 1 aromatic carbocycles. The molecule has 0 saturated heterocycles. The smallest absolute Gasteiger partial charge is 0.319 e. The zero-order valence-corrected chi connectivity index (χ0v) is 12.8. The highest BCUT2D eigenvalue weighted by molar-refractivity contribution is 5.94. The van der Waals surface area contributed by atoms with E-state index in [2.05, 4.69) is 15.8 Å². The molecule has 0 radical (unpaired) electrons. The topological polar surface area (TPSA) is 67.2 Å². The van der Waals surface area contributed by atoms with E-state index >= 15 is 0 Å². The third-order valence-electron chi connectivity index (χ3n) is 4.08. The lowest BCUT2D eigenvalue weighted by molar-refractivity contribution is 0.244. The van der Waals surface area contributed by atoms with Crippen LogP contribution < -0.4 is 10.6 Å². The molecule has 1 saturated carbocycles. The van der Waals surface area contributed by atoms with Crippen molar-refractivity contribution in [2.24, 2.45) is 0 Å². The summed E-state index contributed by atoms with van der Waals surface area (Å²) in [5.74, 6) is 0.594. The van der Waals surface area contributed by atoms with Gasteiger partial charge in [0.25, 0.3) is 0 Å². The van der Waals surface area contributed by atoms with Crippen molar-refractivity contribution in [2.45, 2.75) is 45.1 Å². The summed E-state index contributed by atoms with van der Waals surface area (Å²) in [6.07, 6.45) is 5.75. The molecule has 0 atom stereocenters. The Morgan fingerprint density at radius 1 is 1.18 bits per heavy atom. The van der Waals surface area contributed by atoms with Gasteiger partial charge in [-0.25, -0.2) is 4.79 Å². The van der Waals surface area contributed by atoms with E-state index in [4.69, 9.17) is 4.52 Å². The molecule has 1 fully saturated rings. The molecule has 116 valence electrons. The van der Waals surface area contributed by atoms with Crippen LogP contribution in [0.3, 0.4) is 0 Å². The molecule has 0 bridgehead atoms. The van der Waals surface area contributed by atoms with Crippen LogP contribution in [-0.2, 0) is 0 Å². The van der Waals surface area contributed by atoms with Gasteiger partial charge >= 0.3 is 6.03 Å². The Balaban J connectivity index is 1.72. The van der Waals surface area contributed by atoms with Gasteiger partial charge in [0, 0.05) is 11.6 Å². The molecule has 5 nitrogen and oxygen atoms in total. The highest BCUT2D eigenvalue weighted by atomic mass is 16.5. The van der Waals surface area contributed by atoms with Crippen molar-refractivity contribution in [3.63, 3.8) is 0 Å². The first-order chi connectivity index (χ1) is 10.7. The van der Waals surface area contributed by atoms with Crippen LogP contribution >= 0.6 is 0 Å². The largest absolute Gasteiger partial charge is 0.354 e. The van der Waals surface area contributed by atoms with Crippen molar-refractivity contribution in [2.75, 3.05) is 5.32 Å². The first kappa shape index (κ1) is 14.6. The van der Waals surface area contributed by atoms with E-state index in [-0.39, 0.29) is 12.1 Å². The molecule has 1 heterocycles. The van der Waals surface area contributed by atoms with E-state index in [0.29, 0.717) is 17.1 Å². The van der Waals surface area contributed by atoms with Gasteiger partial charge in [-0.3, -0.25) is 0 Å². The molecule has 0 aliphatic heterocycles. The minimum absolute atomic E-state index is 0.185. The molecule has 22 heavy (non-hydrogen) atoms. The monoisotopic (exact) mass is 299 g/mol. The molecule has 1 aliphatic carbocycles. The van der Waals surface area contributed by atoms with E-state index in [1.165, 1.54) is 19.3 Å². The number of amides is 2. The number of hydrogen-bond donors (Lipinski definition) is 2. The number of carbonyl (C=O) groups is 1. The number of nitrogens with one attached hydrogen (secondary N) is 2. The lowest BCUT2D eigenvalue weighted by Crippen LogP contribution is -2.39. The zero-order valence-electron chi connectivity index (χ0n) is 12.8.